The lowest BCUT2D eigenvalue weighted by Gasteiger charge is -2.28. The maximum absolute atomic E-state index is 12.6. The topological polar surface area (TPSA) is 21.3 Å². The molecule has 0 aromatic heterocycles. The Balaban J connectivity index is 2.38. The summed E-state index contributed by atoms with van der Waals surface area (Å²) < 4.78 is 17.6. The Hall–Kier alpha value is -0.150. The molecular weight excluding hydrogens is 181 g/mol. The monoisotopic (exact) mass is 203 g/mol. The fourth-order valence-electron chi connectivity index (χ4n) is 1.84. The fraction of sp³-hybridized carbons (Fsp3) is 1.00. The van der Waals surface area contributed by atoms with Gasteiger partial charge in [0.05, 0.1) is 6.61 Å². The highest BCUT2D eigenvalue weighted by atomic mass is 19.1. The molecule has 0 bridgehead atoms. The SMILES string of the molecule is CC1CCC(C)(COC(C)F)CNC1. The summed E-state index contributed by atoms with van der Waals surface area (Å²) in [7, 11) is 0. The van der Waals surface area contributed by atoms with Crippen molar-refractivity contribution in [3.63, 3.8) is 0 Å². The maximum Gasteiger partial charge on any atom is 0.195 e. The van der Waals surface area contributed by atoms with Crippen LogP contribution in [-0.4, -0.2) is 26.1 Å². The van der Waals surface area contributed by atoms with E-state index in [0.717, 1.165) is 25.4 Å². The second-order valence-corrected chi connectivity index (χ2v) is 4.94. The summed E-state index contributed by atoms with van der Waals surface area (Å²) in [6, 6.07) is 0. The van der Waals surface area contributed by atoms with E-state index in [-0.39, 0.29) is 5.41 Å². The van der Waals surface area contributed by atoms with Gasteiger partial charge in [-0.15, -0.1) is 0 Å². The van der Waals surface area contributed by atoms with Crippen molar-refractivity contribution in [3.05, 3.63) is 0 Å². The Morgan fingerprint density at radius 3 is 3.00 bits per heavy atom. The standard InChI is InChI=1S/C11H22FNO/c1-9-4-5-11(3,7-13-6-9)8-14-10(2)12/h9-10,13H,4-8H2,1-3H3. The third-order valence-electron chi connectivity index (χ3n) is 2.95. The molecule has 0 spiro atoms. The van der Waals surface area contributed by atoms with Crippen LogP contribution in [0.3, 0.4) is 0 Å². The first kappa shape index (κ1) is 11.9. The second-order valence-electron chi connectivity index (χ2n) is 4.94. The third kappa shape index (κ3) is 3.93. The predicted octanol–water partition coefficient (Wildman–Crippen LogP) is 2.34. The van der Waals surface area contributed by atoms with Gasteiger partial charge in [0.1, 0.15) is 0 Å². The summed E-state index contributed by atoms with van der Waals surface area (Å²) in [4.78, 5) is 0. The van der Waals surface area contributed by atoms with Gasteiger partial charge >= 0.3 is 0 Å². The van der Waals surface area contributed by atoms with Crippen molar-refractivity contribution in [2.75, 3.05) is 19.7 Å². The molecule has 1 saturated heterocycles. The molecule has 1 rings (SSSR count). The molecule has 0 aromatic carbocycles. The molecule has 1 N–H and O–H groups in total. The Kier molecular flexibility index (Phi) is 4.32. The second kappa shape index (κ2) is 5.08. The number of ether oxygens (including phenoxy) is 1. The lowest BCUT2D eigenvalue weighted by Crippen LogP contribution is -2.34. The first-order valence-corrected chi connectivity index (χ1v) is 5.48. The minimum atomic E-state index is -1.15. The van der Waals surface area contributed by atoms with Crippen molar-refractivity contribution < 1.29 is 9.13 Å². The molecule has 84 valence electrons. The van der Waals surface area contributed by atoms with E-state index in [0.29, 0.717) is 6.61 Å². The average molecular weight is 203 g/mol. The van der Waals surface area contributed by atoms with Crippen molar-refractivity contribution in [1.29, 1.82) is 0 Å². The lowest BCUT2D eigenvalue weighted by atomic mass is 9.85. The van der Waals surface area contributed by atoms with Crippen molar-refractivity contribution in [2.45, 2.75) is 40.0 Å². The van der Waals surface area contributed by atoms with E-state index >= 15 is 0 Å². The summed E-state index contributed by atoms with van der Waals surface area (Å²) in [5.74, 6) is 0.722. The molecule has 0 amide bonds. The molecule has 1 heterocycles. The maximum atomic E-state index is 12.6. The molecule has 2 nitrogen and oxygen atoms in total. The van der Waals surface area contributed by atoms with Crippen molar-refractivity contribution in [1.82, 2.24) is 5.32 Å². The van der Waals surface area contributed by atoms with Crippen LogP contribution in [0.1, 0.15) is 33.6 Å². The zero-order chi connectivity index (χ0) is 10.6. The first-order valence-electron chi connectivity index (χ1n) is 5.48. The number of nitrogens with one attached hydrogen (secondary N) is 1. The number of hydrogen-bond donors (Lipinski definition) is 1. The molecule has 0 radical (unpaired) electrons. The van der Waals surface area contributed by atoms with E-state index in [2.05, 4.69) is 19.2 Å². The molecule has 0 saturated carbocycles. The van der Waals surface area contributed by atoms with Gasteiger partial charge in [-0.3, -0.25) is 0 Å². The summed E-state index contributed by atoms with van der Waals surface area (Å²) in [6.07, 6.45) is 1.18. The Morgan fingerprint density at radius 1 is 1.64 bits per heavy atom. The molecular formula is C11H22FNO. The average Bonchev–Trinajstić information content (AvgIpc) is 2.27. The van der Waals surface area contributed by atoms with Gasteiger partial charge in [-0.1, -0.05) is 13.8 Å². The predicted molar refractivity (Wildman–Crippen MR) is 55.9 cm³/mol. The molecule has 14 heavy (non-hydrogen) atoms. The number of rotatable bonds is 3. The van der Waals surface area contributed by atoms with Crippen molar-refractivity contribution in [2.24, 2.45) is 11.3 Å². The van der Waals surface area contributed by atoms with Gasteiger partial charge in [-0.2, -0.15) is 0 Å². The molecule has 3 atom stereocenters. The summed E-state index contributed by atoms with van der Waals surface area (Å²) in [5.41, 5.74) is 0.102. The van der Waals surface area contributed by atoms with Crippen LogP contribution in [0.5, 0.6) is 0 Å². The largest absolute Gasteiger partial charge is 0.348 e. The zero-order valence-electron chi connectivity index (χ0n) is 9.48. The fourth-order valence-corrected chi connectivity index (χ4v) is 1.84. The normalized spacial score (nSPS) is 36.4. The van der Waals surface area contributed by atoms with Gasteiger partial charge in [0, 0.05) is 12.0 Å². The highest BCUT2D eigenvalue weighted by molar-refractivity contribution is 4.81. The molecule has 1 aliphatic rings. The highest BCUT2D eigenvalue weighted by Crippen LogP contribution is 2.28. The number of halogens is 1. The quantitative estimate of drug-likeness (QED) is 0.760. The van der Waals surface area contributed by atoms with Crippen molar-refractivity contribution in [3.8, 4) is 0 Å². The Morgan fingerprint density at radius 2 is 2.36 bits per heavy atom. The van der Waals surface area contributed by atoms with Gasteiger partial charge < -0.3 is 10.1 Å². The highest BCUT2D eigenvalue weighted by Gasteiger charge is 2.28. The van der Waals surface area contributed by atoms with Gasteiger partial charge in [0.2, 0.25) is 0 Å². The summed E-state index contributed by atoms with van der Waals surface area (Å²) in [6.45, 7) is 8.38. The van der Waals surface area contributed by atoms with Crippen LogP contribution in [0.2, 0.25) is 0 Å². The number of hydrogen-bond acceptors (Lipinski definition) is 2. The summed E-state index contributed by atoms with van der Waals surface area (Å²) >= 11 is 0. The minimum absolute atomic E-state index is 0.102. The molecule has 3 unspecified atom stereocenters. The zero-order valence-corrected chi connectivity index (χ0v) is 9.48. The van der Waals surface area contributed by atoms with Crippen LogP contribution >= 0.6 is 0 Å². The van der Waals surface area contributed by atoms with Crippen LogP contribution in [0.25, 0.3) is 0 Å². The minimum Gasteiger partial charge on any atom is -0.348 e. The number of alkyl halides is 1. The third-order valence-corrected chi connectivity index (χ3v) is 2.95. The first-order chi connectivity index (χ1) is 6.52. The van der Waals surface area contributed by atoms with E-state index in [9.17, 15) is 4.39 Å². The molecule has 0 aromatic rings. The van der Waals surface area contributed by atoms with Crippen LogP contribution in [0.4, 0.5) is 4.39 Å². The molecule has 1 fully saturated rings. The molecule has 0 aliphatic carbocycles. The van der Waals surface area contributed by atoms with Gasteiger partial charge in [-0.25, -0.2) is 4.39 Å². The van der Waals surface area contributed by atoms with E-state index in [1.54, 1.807) is 0 Å². The molecule has 3 heteroatoms. The van der Waals surface area contributed by atoms with Crippen LogP contribution in [-0.2, 0) is 4.74 Å². The summed E-state index contributed by atoms with van der Waals surface area (Å²) in [5, 5.41) is 3.41. The van der Waals surface area contributed by atoms with Gasteiger partial charge in [-0.05, 0) is 32.2 Å². The van der Waals surface area contributed by atoms with Crippen molar-refractivity contribution >= 4 is 0 Å². The lowest BCUT2D eigenvalue weighted by molar-refractivity contribution is -0.0625. The van der Waals surface area contributed by atoms with E-state index in [4.69, 9.17) is 4.74 Å². The Labute approximate surface area is 86.2 Å². The van der Waals surface area contributed by atoms with E-state index in [1.807, 2.05) is 0 Å². The van der Waals surface area contributed by atoms with Crippen LogP contribution in [0.15, 0.2) is 0 Å². The van der Waals surface area contributed by atoms with Crippen LogP contribution < -0.4 is 5.32 Å². The van der Waals surface area contributed by atoms with Gasteiger partial charge in [0.15, 0.2) is 6.36 Å². The van der Waals surface area contributed by atoms with Gasteiger partial charge in [0.25, 0.3) is 0 Å². The van der Waals surface area contributed by atoms with Crippen LogP contribution in [0, 0.1) is 11.3 Å². The Bertz CT molecular complexity index is 175. The van der Waals surface area contributed by atoms with E-state index in [1.165, 1.54) is 13.3 Å². The molecule has 1 aliphatic heterocycles. The van der Waals surface area contributed by atoms with E-state index < -0.39 is 6.36 Å². The smallest absolute Gasteiger partial charge is 0.195 e.